The Labute approximate surface area is 142 Å². The molecule has 1 aromatic heterocycles. The second-order valence-electron chi connectivity index (χ2n) is 5.58. The number of carbonyl (C=O) groups excluding carboxylic acids is 2. The van der Waals surface area contributed by atoms with Crippen LogP contribution in [0.15, 0.2) is 48.6 Å². The van der Waals surface area contributed by atoms with Crippen molar-refractivity contribution in [3.8, 4) is 0 Å². The molecule has 1 aliphatic rings. The highest BCUT2D eigenvalue weighted by atomic mass is 19.1. The van der Waals surface area contributed by atoms with E-state index in [4.69, 9.17) is 0 Å². The summed E-state index contributed by atoms with van der Waals surface area (Å²) in [4.78, 5) is 25.0. The van der Waals surface area contributed by atoms with Crippen LogP contribution in [0.1, 0.15) is 32.5 Å². The molecule has 1 atom stereocenters. The quantitative estimate of drug-likeness (QED) is 0.834. The molecule has 0 saturated carbocycles. The van der Waals surface area contributed by atoms with Crippen molar-refractivity contribution >= 4 is 11.9 Å². The molecule has 2 heterocycles. The van der Waals surface area contributed by atoms with Gasteiger partial charge in [0.05, 0.1) is 31.7 Å². The second-order valence-corrected chi connectivity index (χ2v) is 5.58. The Balaban J connectivity index is 1.72. The van der Waals surface area contributed by atoms with Crippen LogP contribution in [-0.2, 0) is 11.3 Å². The highest BCUT2D eigenvalue weighted by Crippen LogP contribution is 2.31. The summed E-state index contributed by atoms with van der Waals surface area (Å²) in [6.45, 7) is -0.0705. The lowest BCUT2D eigenvalue weighted by atomic mass is 10.1. The summed E-state index contributed by atoms with van der Waals surface area (Å²) in [6.07, 6.45) is 1.99. The molecule has 3 rings (SSSR count). The average molecular weight is 345 g/mol. The number of aromatic nitrogens is 2. The minimum absolute atomic E-state index is 0.0281. The van der Waals surface area contributed by atoms with Crippen LogP contribution in [0.25, 0.3) is 0 Å². The standard InChI is InChI=1S/C17H16FN3O4/c1-25-17(24)12-7-19-20(10-12)8-11(6-18)9-21-15(22)13-4-2-3-5-14(13)16(21)23/h2-7,10,15,22H,8-9H2,1H3/b11-6-. The molecule has 2 aromatic rings. The molecule has 7 nitrogen and oxygen atoms in total. The van der Waals surface area contributed by atoms with Crippen LogP contribution in [0.3, 0.4) is 0 Å². The lowest BCUT2D eigenvalue weighted by Gasteiger charge is -2.22. The molecule has 0 saturated heterocycles. The number of hydrogen-bond acceptors (Lipinski definition) is 5. The maximum absolute atomic E-state index is 13.3. The molecule has 130 valence electrons. The Bertz CT molecular complexity index is 846. The van der Waals surface area contributed by atoms with Crippen LogP contribution in [-0.4, -0.2) is 45.3 Å². The van der Waals surface area contributed by atoms with Gasteiger partial charge in [0.15, 0.2) is 6.23 Å². The van der Waals surface area contributed by atoms with Crippen molar-refractivity contribution in [1.82, 2.24) is 14.7 Å². The predicted molar refractivity (Wildman–Crippen MR) is 85.2 cm³/mol. The van der Waals surface area contributed by atoms with Crippen molar-refractivity contribution in [1.29, 1.82) is 0 Å². The minimum atomic E-state index is -1.12. The Morgan fingerprint density at radius 3 is 2.84 bits per heavy atom. The Hall–Kier alpha value is -3.00. The molecule has 0 spiro atoms. The summed E-state index contributed by atoms with van der Waals surface area (Å²) in [5, 5.41) is 14.3. The van der Waals surface area contributed by atoms with E-state index < -0.39 is 12.2 Å². The van der Waals surface area contributed by atoms with E-state index in [1.807, 2.05) is 0 Å². The van der Waals surface area contributed by atoms with Gasteiger partial charge in [0, 0.05) is 23.9 Å². The fraction of sp³-hybridized carbons (Fsp3) is 0.235. The molecular formula is C17H16FN3O4. The normalized spacial score (nSPS) is 16.9. The number of methoxy groups -OCH3 is 1. The van der Waals surface area contributed by atoms with Gasteiger partial charge in [-0.05, 0) is 11.6 Å². The number of amides is 1. The van der Waals surface area contributed by atoms with Crippen LogP contribution >= 0.6 is 0 Å². The van der Waals surface area contributed by atoms with E-state index in [9.17, 15) is 19.1 Å². The highest BCUT2D eigenvalue weighted by molar-refractivity contribution is 5.99. The van der Waals surface area contributed by atoms with Crippen LogP contribution in [0, 0.1) is 0 Å². The van der Waals surface area contributed by atoms with E-state index in [0.717, 1.165) is 0 Å². The predicted octanol–water partition coefficient (Wildman–Crippen LogP) is 1.67. The number of aliphatic hydroxyl groups excluding tert-OH is 1. The molecule has 1 unspecified atom stereocenters. The van der Waals surface area contributed by atoms with Gasteiger partial charge in [-0.25, -0.2) is 9.18 Å². The zero-order chi connectivity index (χ0) is 18.0. The summed E-state index contributed by atoms with van der Waals surface area (Å²) in [6, 6.07) is 6.71. The van der Waals surface area contributed by atoms with Crippen LogP contribution in [0.5, 0.6) is 0 Å². The van der Waals surface area contributed by atoms with Gasteiger partial charge in [-0.3, -0.25) is 9.48 Å². The number of ether oxygens (including phenoxy) is 1. The number of fused-ring (bicyclic) bond motifs is 1. The number of esters is 1. The number of halogens is 1. The summed E-state index contributed by atoms with van der Waals surface area (Å²) < 4.78 is 19.2. The van der Waals surface area contributed by atoms with Gasteiger partial charge in [0.1, 0.15) is 0 Å². The van der Waals surface area contributed by atoms with E-state index in [-0.39, 0.29) is 30.1 Å². The van der Waals surface area contributed by atoms with Crippen LogP contribution in [0.4, 0.5) is 4.39 Å². The van der Waals surface area contributed by atoms with Gasteiger partial charge < -0.3 is 14.7 Å². The maximum Gasteiger partial charge on any atom is 0.341 e. The number of nitrogens with zero attached hydrogens (tertiary/aromatic N) is 3. The molecule has 1 aromatic carbocycles. The lowest BCUT2D eigenvalue weighted by Crippen LogP contribution is -2.31. The van der Waals surface area contributed by atoms with E-state index in [2.05, 4.69) is 9.84 Å². The number of carbonyl (C=O) groups is 2. The van der Waals surface area contributed by atoms with Gasteiger partial charge in [-0.1, -0.05) is 18.2 Å². The number of hydrogen-bond donors (Lipinski definition) is 1. The first-order chi connectivity index (χ1) is 12.0. The molecule has 0 aliphatic carbocycles. The van der Waals surface area contributed by atoms with Gasteiger partial charge >= 0.3 is 5.97 Å². The lowest BCUT2D eigenvalue weighted by molar-refractivity contribution is 0.0214. The monoisotopic (exact) mass is 345 g/mol. The fourth-order valence-electron chi connectivity index (χ4n) is 2.73. The average Bonchev–Trinajstić information content (AvgIpc) is 3.19. The van der Waals surface area contributed by atoms with E-state index in [1.165, 1.54) is 29.1 Å². The van der Waals surface area contributed by atoms with Crippen molar-refractivity contribution in [2.24, 2.45) is 0 Å². The van der Waals surface area contributed by atoms with Gasteiger partial charge in [-0.15, -0.1) is 0 Å². The van der Waals surface area contributed by atoms with Crippen molar-refractivity contribution < 1.29 is 23.8 Å². The summed E-state index contributed by atoms with van der Waals surface area (Å²) in [5.74, 6) is -0.907. The maximum atomic E-state index is 13.3. The van der Waals surface area contributed by atoms with Crippen molar-refractivity contribution in [3.05, 3.63) is 65.3 Å². The molecule has 25 heavy (non-hydrogen) atoms. The molecule has 1 amide bonds. The summed E-state index contributed by atoms with van der Waals surface area (Å²) in [5.41, 5.74) is 1.36. The Kier molecular flexibility index (Phi) is 4.62. The minimum Gasteiger partial charge on any atom is -0.465 e. The topological polar surface area (TPSA) is 84.7 Å². The largest absolute Gasteiger partial charge is 0.465 e. The van der Waals surface area contributed by atoms with Crippen molar-refractivity contribution in [2.45, 2.75) is 12.8 Å². The molecule has 0 fully saturated rings. The molecule has 1 N–H and O–H groups in total. The first-order valence-electron chi connectivity index (χ1n) is 7.52. The van der Waals surface area contributed by atoms with Crippen LogP contribution < -0.4 is 0 Å². The summed E-state index contributed by atoms with van der Waals surface area (Å²) >= 11 is 0. The zero-order valence-corrected chi connectivity index (χ0v) is 13.4. The fourth-order valence-corrected chi connectivity index (χ4v) is 2.73. The van der Waals surface area contributed by atoms with Crippen molar-refractivity contribution in [2.75, 3.05) is 13.7 Å². The number of benzene rings is 1. The highest BCUT2D eigenvalue weighted by Gasteiger charge is 2.35. The SMILES string of the molecule is COC(=O)c1cnn(C/C(=C/F)CN2C(=O)c3ccccc3C2O)c1. The molecule has 8 heteroatoms. The molecule has 0 radical (unpaired) electrons. The van der Waals surface area contributed by atoms with E-state index in [1.54, 1.807) is 24.3 Å². The molecule has 1 aliphatic heterocycles. The summed E-state index contributed by atoms with van der Waals surface area (Å²) in [7, 11) is 1.25. The van der Waals surface area contributed by atoms with Crippen molar-refractivity contribution in [3.63, 3.8) is 0 Å². The molecule has 0 bridgehead atoms. The second kappa shape index (κ2) is 6.86. The van der Waals surface area contributed by atoms with E-state index in [0.29, 0.717) is 17.5 Å². The third-order valence-corrected chi connectivity index (χ3v) is 3.97. The zero-order valence-electron chi connectivity index (χ0n) is 13.4. The number of aliphatic hydroxyl groups is 1. The van der Waals surface area contributed by atoms with E-state index >= 15 is 0 Å². The first-order valence-corrected chi connectivity index (χ1v) is 7.52. The third-order valence-electron chi connectivity index (χ3n) is 3.97. The molecular weight excluding hydrogens is 329 g/mol. The van der Waals surface area contributed by atoms with Gasteiger partial charge in [0.2, 0.25) is 0 Å². The van der Waals surface area contributed by atoms with Gasteiger partial charge in [-0.2, -0.15) is 5.10 Å². The smallest absolute Gasteiger partial charge is 0.341 e. The third kappa shape index (κ3) is 3.16. The Morgan fingerprint density at radius 2 is 2.16 bits per heavy atom. The number of rotatable bonds is 5. The first kappa shape index (κ1) is 16.8. The van der Waals surface area contributed by atoms with Crippen LogP contribution in [0.2, 0.25) is 0 Å². The Morgan fingerprint density at radius 1 is 1.40 bits per heavy atom. The van der Waals surface area contributed by atoms with Gasteiger partial charge in [0.25, 0.3) is 5.91 Å².